The molecule has 0 heterocycles. The molecule has 3 amide bonds. The van der Waals surface area contributed by atoms with Gasteiger partial charge in [0.05, 0.1) is 0 Å². The van der Waals surface area contributed by atoms with Crippen LogP contribution in [0.4, 0.5) is 4.79 Å². The van der Waals surface area contributed by atoms with Crippen molar-refractivity contribution < 1.29 is 19.1 Å². The van der Waals surface area contributed by atoms with Gasteiger partial charge in [-0.3, -0.25) is 9.59 Å². The summed E-state index contributed by atoms with van der Waals surface area (Å²) in [6.07, 6.45) is 4.68. The van der Waals surface area contributed by atoms with Gasteiger partial charge in [0.15, 0.2) is 0 Å². The number of alkyl carbamates (subject to hydrolysis) is 1. The van der Waals surface area contributed by atoms with E-state index in [9.17, 15) is 14.4 Å². The molecule has 2 unspecified atom stereocenters. The predicted molar refractivity (Wildman–Crippen MR) is 154 cm³/mol. The van der Waals surface area contributed by atoms with Gasteiger partial charge in [-0.25, -0.2) is 4.79 Å². The Hall–Kier alpha value is -2.22. The van der Waals surface area contributed by atoms with Crippen LogP contribution in [-0.4, -0.2) is 58.5 Å². The molecule has 0 aromatic heterocycles. The Morgan fingerprint density at radius 3 is 2.22 bits per heavy atom. The number of benzene rings is 1. The maximum atomic E-state index is 14.2. The summed E-state index contributed by atoms with van der Waals surface area (Å²) in [7, 11) is 0. The normalized spacial score (nSPS) is 13.5. The van der Waals surface area contributed by atoms with Crippen molar-refractivity contribution in [1.29, 1.82) is 0 Å². The highest BCUT2D eigenvalue weighted by atomic mass is 32.2. The first-order valence-corrected chi connectivity index (χ1v) is 14.7. The molecule has 7 nitrogen and oxygen atoms in total. The maximum Gasteiger partial charge on any atom is 0.408 e. The molecule has 8 heteroatoms. The second kappa shape index (κ2) is 14.6. The van der Waals surface area contributed by atoms with E-state index in [2.05, 4.69) is 17.6 Å². The van der Waals surface area contributed by atoms with Crippen LogP contribution in [0.1, 0.15) is 96.9 Å². The third kappa shape index (κ3) is 11.0. The molecule has 2 atom stereocenters. The number of thioether (sulfide) groups is 1. The summed E-state index contributed by atoms with van der Waals surface area (Å²) in [5.74, 6) is 0.148. The van der Waals surface area contributed by atoms with Crippen LogP contribution in [0, 0.1) is 13.8 Å². The van der Waals surface area contributed by atoms with Crippen molar-refractivity contribution in [3.05, 3.63) is 34.9 Å². The Kier molecular flexibility index (Phi) is 13.0. The number of amides is 3. The second-order valence-corrected chi connectivity index (χ2v) is 12.6. The first-order valence-electron chi connectivity index (χ1n) is 13.3. The van der Waals surface area contributed by atoms with E-state index < -0.39 is 29.3 Å². The third-order valence-electron chi connectivity index (χ3n) is 5.87. The molecule has 210 valence electrons. The predicted octanol–water partition coefficient (Wildman–Crippen LogP) is 5.92. The van der Waals surface area contributed by atoms with Crippen LogP contribution in [0.3, 0.4) is 0 Å². The molecule has 0 saturated carbocycles. The van der Waals surface area contributed by atoms with Gasteiger partial charge < -0.3 is 20.3 Å². The Morgan fingerprint density at radius 2 is 1.70 bits per heavy atom. The lowest BCUT2D eigenvalue weighted by Gasteiger charge is -2.43. The van der Waals surface area contributed by atoms with Gasteiger partial charge in [-0.1, -0.05) is 43.5 Å². The fourth-order valence-electron chi connectivity index (χ4n) is 4.17. The van der Waals surface area contributed by atoms with E-state index in [1.807, 2.05) is 59.1 Å². The standard InChI is InChI=1S/C29H49N3O4S/c1-11-12-13-17-30-25(33)24(22-15-14-20(2)19-21(22)3)32(28(4,5)6)26(34)23(16-18-37-10)31-27(35)36-29(7,8)9/h14-15,19,23-24H,11-13,16-18H2,1-10H3,(H,30,33)(H,31,35). The zero-order chi connectivity index (χ0) is 28.4. The number of aryl methyl sites for hydroxylation is 2. The van der Waals surface area contributed by atoms with Crippen LogP contribution in [0.15, 0.2) is 18.2 Å². The molecule has 0 aliphatic heterocycles. The Balaban J connectivity index is 3.53. The second-order valence-electron chi connectivity index (χ2n) is 11.6. The van der Waals surface area contributed by atoms with Crippen molar-refractivity contribution in [2.45, 2.75) is 111 Å². The van der Waals surface area contributed by atoms with Gasteiger partial charge in [0.1, 0.15) is 17.7 Å². The van der Waals surface area contributed by atoms with Crippen LogP contribution in [-0.2, 0) is 14.3 Å². The molecule has 0 spiro atoms. The van der Waals surface area contributed by atoms with Crippen molar-refractivity contribution in [2.75, 3.05) is 18.6 Å². The molecular weight excluding hydrogens is 486 g/mol. The number of carbonyl (C=O) groups is 3. The first-order chi connectivity index (χ1) is 17.1. The number of nitrogens with zero attached hydrogens (tertiary/aromatic N) is 1. The van der Waals surface area contributed by atoms with Crippen molar-refractivity contribution in [2.24, 2.45) is 0 Å². The lowest BCUT2D eigenvalue weighted by molar-refractivity contribution is -0.148. The fourth-order valence-corrected chi connectivity index (χ4v) is 4.64. The summed E-state index contributed by atoms with van der Waals surface area (Å²) < 4.78 is 5.46. The first kappa shape index (κ1) is 32.8. The number of rotatable bonds is 12. The van der Waals surface area contributed by atoms with Gasteiger partial charge in [0.25, 0.3) is 0 Å². The van der Waals surface area contributed by atoms with E-state index in [0.29, 0.717) is 18.7 Å². The lowest BCUT2D eigenvalue weighted by atomic mass is 9.92. The van der Waals surface area contributed by atoms with E-state index in [1.165, 1.54) is 0 Å². The minimum atomic E-state index is -0.841. The number of hydrogen-bond acceptors (Lipinski definition) is 5. The smallest absolute Gasteiger partial charge is 0.408 e. The largest absolute Gasteiger partial charge is 0.444 e. The third-order valence-corrected chi connectivity index (χ3v) is 6.51. The van der Waals surface area contributed by atoms with Crippen LogP contribution < -0.4 is 10.6 Å². The average Bonchev–Trinajstić information content (AvgIpc) is 2.75. The topological polar surface area (TPSA) is 87.7 Å². The highest BCUT2D eigenvalue weighted by Gasteiger charge is 2.42. The van der Waals surface area contributed by atoms with Gasteiger partial charge in [0, 0.05) is 12.1 Å². The van der Waals surface area contributed by atoms with Crippen molar-refractivity contribution in [1.82, 2.24) is 15.5 Å². The molecule has 0 aliphatic rings. The number of ether oxygens (including phenoxy) is 1. The van der Waals surface area contributed by atoms with Crippen LogP contribution in [0.2, 0.25) is 0 Å². The molecule has 0 aliphatic carbocycles. The highest BCUT2D eigenvalue weighted by molar-refractivity contribution is 7.98. The van der Waals surface area contributed by atoms with E-state index in [4.69, 9.17) is 4.74 Å². The van der Waals surface area contributed by atoms with Gasteiger partial charge >= 0.3 is 6.09 Å². The maximum absolute atomic E-state index is 14.2. The van der Waals surface area contributed by atoms with Crippen LogP contribution in [0.5, 0.6) is 0 Å². The van der Waals surface area contributed by atoms with Gasteiger partial charge in [-0.15, -0.1) is 0 Å². The molecule has 2 N–H and O–H groups in total. The van der Waals surface area contributed by atoms with E-state index in [0.717, 1.165) is 36.0 Å². The molecule has 0 radical (unpaired) electrons. The summed E-state index contributed by atoms with van der Waals surface area (Å²) in [5, 5.41) is 5.86. The highest BCUT2D eigenvalue weighted by Crippen LogP contribution is 2.32. The number of hydrogen-bond donors (Lipinski definition) is 2. The lowest BCUT2D eigenvalue weighted by Crippen LogP contribution is -2.58. The number of unbranched alkanes of at least 4 members (excludes halogenated alkanes) is 2. The minimum absolute atomic E-state index is 0.216. The van der Waals surface area contributed by atoms with Crippen molar-refractivity contribution in [3.8, 4) is 0 Å². The summed E-state index contributed by atoms with van der Waals surface area (Å²) in [6.45, 7) is 17.8. The van der Waals surface area contributed by atoms with Crippen LogP contribution >= 0.6 is 11.8 Å². The van der Waals surface area contributed by atoms with E-state index >= 15 is 0 Å². The van der Waals surface area contributed by atoms with E-state index in [-0.39, 0.29) is 11.8 Å². The van der Waals surface area contributed by atoms with Gasteiger partial charge in [-0.05, 0) is 91.4 Å². The number of carbonyl (C=O) groups excluding carboxylic acids is 3. The fraction of sp³-hybridized carbons (Fsp3) is 0.690. The Bertz CT molecular complexity index is 905. The van der Waals surface area contributed by atoms with Crippen molar-refractivity contribution >= 4 is 29.7 Å². The molecule has 1 aromatic rings. The molecule has 0 saturated heterocycles. The zero-order valence-corrected chi connectivity index (χ0v) is 25.4. The summed E-state index contributed by atoms with van der Waals surface area (Å²) in [6, 6.07) is 4.26. The molecular formula is C29H49N3O4S. The van der Waals surface area contributed by atoms with Gasteiger partial charge in [-0.2, -0.15) is 11.8 Å². The SMILES string of the molecule is CCCCCNC(=O)C(c1ccc(C)cc1C)N(C(=O)C(CCSC)NC(=O)OC(C)(C)C)C(C)(C)C. The van der Waals surface area contributed by atoms with E-state index in [1.54, 1.807) is 37.4 Å². The molecule has 1 rings (SSSR count). The summed E-state index contributed by atoms with van der Waals surface area (Å²) in [4.78, 5) is 42.3. The molecule has 0 fully saturated rings. The van der Waals surface area contributed by atoms with Crippen molar-refractivity contribution in [3.63, 3.8) is 0 Å². The summed E-state index contributed by atoms with van der Waals surface area (Å²) in [5.41, 5.74) is 1.41. The Labute approximate surface area is 228 Å². The molecule has 37 heavy (non-hydrogen) atoms. The van der Waals surface area contributed by atoms with Crippen LogP contribution in [0.25, 0.3) is 0 Å². The Morgan fingerprint density at radius 1 is 1.05 bits per heavy atom. The molecule has 1 aromatic carbocycles. The summed E-state index contributed by atoms with van der Waals surface area (Å²) >= 11 is 1.60. The number of nitrogens with one attached hydrogen (secondary N) is 2. The zero-order valence-electron chi connectivity index (χ0n) is 24.6. The van der Waals surface area contributed by atoms with Gasteiger partial charge in [0.2, 0.25) is 11.8 Å². The minimum Gasteiger partial charge on any atom is -0.444 e. The molecule has 0 bridgehead atoms. The average molecular weight is 536 g/mol. The quantitative estimate of drug-likeness (QED) is 0.324. The monoisotopic (exact) mass is 535 g/mol.